The van der Waals surface area contributed by atoms with E-state index in [1.807, 2.05) is 0 Å². The van der Waals surface area contributed by atoms with Gasteiger partial charge in [-0.2, -0.15) is 0 Å². The van der Waals surface area contributed by atoms with Crippen LogP contribution in [0.3, 0.4) is 0 Å². The fraction of sp³-hybridized carbons (Fsp3) is 0. The molecule has 0 bridgehead atoms. The lowest BCUT2D eigenvalue weighted by Gasteiger charge is -2.06. The lowest BCUT2D eigenvalue weighted by molar-refractivity contribution is 0.112. The molecule has 1 aromatic carbocycles. The molecule has 3 nitrogen and oxygen atoms in total. The summed E-state index contributed by atoms with van der Waals surface area (Å²) in [6, 6.07) is 4.39. The van der Waals surface area contributed by atoms with Gasteiger partial charge in [0.1, 0.15) is 0 Å². The first-order chi connectivity index (χ1) is 8.52. The van der Waals surface area contributed by atoms with Crippen LogP contribution in [-0.2, 0) is 0 Å². The van der Waals surface area contributed by atoms with E-state index in [1.165, 1.54) is 24.4 Å². The van der Waals surface area contributed by atoms with Gasteiger partial charge in [0.2, 0.25) is 0 Å². The van der Waals surface area contributed by atoms with Gasteiger partial charge in [0.15, 0.2) is 6.29 Å². The van der Waals surface area contributed by atoms with Crippen LogP contribution in [0.4, 0.5) is 0 Å². The molecule has 0 saturated carbocycles. The average molecular weight is 303 g/mol. The third-order valence-electron chi connectivity index (χ3n) is 2.36. The van der Waals surface area contributed by atoms with Gasteiger partial charge in [-0.1, -0.05) is 34.8 Å². The molecule has 0 fully saturated rings. The molecule has 0 saturated heterocycles. The van der Waals surface area contributed by atoms with Crippen molar-refractivity contribution in [2.75, 3.05) is 0 Å². The number of carbonyl (C=O) groups is 1. The van der Waals surface area contributed by atoms with Crippen LogP contribution in [0.15, 0.2) is 29.2 Å². The van der Waals surface area contributed by atoms with E-state index in [4.69, 9.17) is 34.8 Å². The van der Waals surface area contributed by atoms with E-state index in [-0.39, 0.29) is 21.2 Å². The van der Waals surface area contributed by atoms with Crippen LogP contribution in [0.25, 0.3) is 11.1 Å². The Hall–Kier alpha value is -1.29. The van der Waals surface area contributed by atoms with Crippen molar-refractivity contribution in [3.63, 3.8) is 0 Å². The molecule has 0 radical (unpaired) electrons. The van der Waals surface area contributed by atoms with Gasteiger partial charge in [-0.15, -0.1) is 0 Å². The van der Waals surface area contributed by atoms with E-state index >= 15 is 0 Å². The normalized spacial score (nSPS) is 10.4. The Balaban J connectivity index is 2.72. The van der Waals surface area contributed by atoms with Gasteiger partial charge in [-0.25, -0.2) is 0 Å². The molecule has 0 atom stereocenters. The summed E-state index contributed by atoms with van der Waals surface area (Å²) in [5.41, 5.74) is 0.673. The number of H-pyrrole nitrogens is 1. The predicted octanol–water partition coefficient (Wildman–Crippen LogP) is 3.81. The van der Waals surface area contributed by atoms with Crippen molar-refractivity contribution in [2.24, 2.45) is 0 Å². The number of rotatable bonds is 2. The van der Waals surface area contributed by atoms with Crippen molar-refractivity contribution in [3.05, 3.63) is 55.4 Å². The second kappa shape index (κ2) is 5.14. The van der Waals surface area contributed by atoms with Crippen molar-refractivity contribution in [3.8, 4) is 11.1 Å². The lowest BCUT2D eigenvalue weighted by atomic mass is 10.1. The Bertz CT molecular complexity index is 680. The lowest BCUT2D eigenvalue weighted by Crippen LogP contribution is -2.09. The number of hydrogen-bond donors (Lipinski definition) is 1. The van der Waals surface area contributed by atoms with Crippen LogP contribution in [0, 0.1) is 0 Å². The van der Waals surface area contributed by atoms with E-state index in [2.05, 4.69) is 4.98 Å². The van der Waals surface area contributed by atoms with Crippen LogP contribution in [0.2, 0.25) is 15.1 Å². The Kier molecular flexibility index (Phi) is 3.76. The fourth-order valence-electron chi connectivity index (χ4n) is 1.50. The first-order valence-corrected chi connectivity index (χ1v) is 5.99. The van der Waals surface area contributed by atoms with Gasteiger partial charge in [-0.3, -0.25) is 9.59 Å². The van der Waals surface area contributed by atoms with E-state index in [0.29, 0.717) is 22.4 Å². The van der Waals surface area contributed by atoms with Gasteiger partial charge < -0.3 is 4.98 Å². The molecule has 1 N–H and O–H groups in total. The number of hydrogen-bond acceptors (Lipinski definition) is 2. The monoisotopic (exact) mass is 301 g/mol. The number of benzene rings is 1. The van der Waals surface area contributed by atoms with Gasteiger partial charge in [-0.05, 0) is 18.2 Å². The Morgan fingerprint density at radius 3 is 2.28 bits per heavy atom. The summed E-state index contributed by atoms with van der Waals surface area (Å²) in [4.78, 5) is 24.9. The van der Waals surface area contributed by atoms with Crippen molar-refractivity contribution in [2.45, 2.75) is 0 Å². The second-order valence-corrected chi connectivity index (χ2v) is 4.76. The van der Waals surface area contributed by atoms with E-state index < -0.39 is 0 Å². The number of aromatic amines is 1. The summed E-state index contributed by atoms with van der Waals surface area (Å²) < 4.78 is 0. The van der Waals surface area contributed by atoms with E-state index in [1.54, 1.807) is 0 Å². The molecule has 0 amide bonds. The van der Waals surface area contributed by atoms with Gasteiger partial charge in [0.25, 0.3) is 5.56 Å². The predicted molar refractivity (Wildman–Crippen MR) is 72.9 cm³/mol. The number of nitrogens with one attached hydrogen (secondary N) is 1. The first kappa shape index (κ1) is 13.1. The molecule has 1 heterocycles. The maximum Gasteiger partial charge on any atom is 0.255 e. The highest BCUT2D eigenvalue weighted by atomic mass is 35.5. The SMILES string of the molecule is O=Cc1c[nH]c(=O)c(-c2cc(Cl)c(Cl)cc2Cl)c1. The number of aldehydes is 1. The second-order valence-electron chi connectivity index (χ2n) is 3.54. The highest BCUT2D eigenvalue weighted by Crippen LogP contribution is 2.33. The third-order valence-corrected chi connectivity index (χ3v) is 3.40. The third kappa shape index (κ3) is 2.43. The summed E-state index contributed by atoms with van der Waals surface area (Å²) in [5, 5.41) is 0.873. The van der Waals surface area contributed by atoms with Crippen LogP contribution < -0.4 is 5.56 Å². The number of pyridine rings is 1. The minimum absolute atomic E-state index is 0.267. The zero-order chi connectivity index (χ0) is 13.3. The number of aromatic nitrogens is 1. The highest BCUT2D eigenvalue weighted by Gasteiger charge is 2.11. The molecule has 2 aromatic rings. The van der Waals surface area contributed by atoms with Crippen molar-refractivity contribution < 1.29 is 4.79 Å². The summed E-state index contributed by atoms with van der Waals surface area (Å²) in [7, 11) is 0. The molecule has 0 aliphatic rings. The van der Waals surface area contributed by atoms with Crippen LogP contribution >= 0.6 is 34.8 Å². The summed E-state index contributed by atoms with van der Waals surface area (Å²) in [6.07, 6.45) is 1.95. The molecule has 18 heavy (non-hydrogen) atoms. The van der Waals surface area contributed by atoms with E-state index in [0.717, 1.165) is 0 Å². The van der Waals surface area contributed by atoms with Gasteiger partial charge >= 0.3 is 0 Å². The maximum atomic E-state index is 11.7. The number of carbonyl (C=O) groups excluding carboxylic acids is 1. The zero-order valence-electron chi connectivity index (χ0n) is 8.84. The summed E-state index contributed by atoms with van der Waals surface area (Å²) >= 11 is 17.7. The van der Waals surface area contributed by atoms with E-state index in [9.17, 15) is 9.59 Å². The van der Waals surface area contributed by atoms with Crippen molar-refractivity contribution in [1.82, 2.24) is 4.98 Å². The Morgan fingerprint density at radius 2 is 1.61 bits per heavy atom. The quantitative estimate of drug-likeness (QED) is 0.677. The largest absolute Gasteiger partial charge is 0.328 e. The molecule has 0 unspecified atom stereocenters. The van der Waals surface area contributed by atoms with Crippen LogP contribution in [0.1, 0.15) is 10.4 Å². The summed E-state index contributed by atoms with van der Waals surface area (Å²) in [5.74, 6) is 0. The molecular weight excluding hydrogens is 296 g/mol. The first-order valence-electron chi connectivity index (χ1n) is 4.85. The molecule has 0 spiro atoms. The Labute approximate surface area is 117 Å². The topological polar surface area (TPSA) is 49.9 Å². The van der Waals surface area contributed by atoms with Crippen LogP contribution in [0.5, 0.6) is 0 Å². The molecule has 6 heteroatoms. The number of halogens is 3. The highest BCUT2D eigenvalue weighted by molar-refractivity contribution is 6.44. The smallest absolute Gasteiger partial charge is 0.255 e. The minimum Gasteiger partial charge on any atom is -0.328 e. The van der Waals surface area contributed by atoms with Gasteiger partial charge in [0.05, 0.1) is 15.1 Å². The van der Waals surface area contributed by atoms with Crippen molar-refractivity contribution >= 4 is 41.1 Å². The van der Waals surface area contributed by atoms with Crippen LogP contribution in [-0.4, -0.2) is 11.3 Å². The van der Waals surface area contributed by atoms with Crippen molar-refractivity contribution in [1.29, 1.82) is 0 Å². The molecular formula is C12H6Cl3NO2. The average Bonchev–Trinajstić information content (AvgIpc) is 2.35. The molecule has 1 aromatic heterocycles. The summed E-state index contributed by atoms with van der Waals surface area (Å²) in [6.45, 7) is 0. The molecule has 2 rings (SSSR count). The molecule has 92 valence electrons. The minimum atomic E-state index is -0.360. The molecule has 0 aliphatic carbocycles. The maximum absolute atomic E-state index is 11.7. The fourth-order valence-corrected chi connectivity index (χ4v) is 2.15. The zero-order valence-corrected chi connectivity index (χ0v) is 11.1. The van der Waals surface area contributed by atoms with Gasteiger partial charge in [0, 0.05) is 22.9 Å². The molecule has 0 aliphatic heterocycles. The Morgan fingerprint density at radius 1 is 0.944 bits per heavy atom. The standard InChI is InChI=1S/C12H6Cl3NO2/c13-9-3-11(15)10(14)2-7(9)8-1-6(5-17)4-16-12(8)18/h1-5H,(H,16,18).